The summed E-state index contributed by atoms with van der Waals surface area (Å²) in [5.74, 6) is 0. The van der Waals surface area contributed by atoms with E-state index in [4.69, 9.17) is 0 Å². The Kier molecular flexibility index (Phi) is 10.7. The lowest BCUT2D eigenvalue weighted by molar-refractivity contribution is 0.591. The van der Waals surface area contributed by atoms with Gasteiger partial charge >= 0.3 is 0 Å². The van der Waals surface area contributed by atoms with Gasteiger partial charge in [-0.3, -0.25) is 0 Å². The fourth-order valence-electron chi connectivity index (χ4n) is 15.7. The van der Waals surface area contributed by atoms with Crippen molar-refractivity contribution in [3.8, 4) is 61.3 Å². The average Bonchev–Trinajstić information content (AvgIpc) is 1.60. The molecule has 0 atom stereocenters. The molecule has 0 amide bonds. The first-order chi connectivity index (χ1) is 42.8. The Bertz CT molecular complexity index is 4990. The second-order valence-electron chi connectivity index (χ2n) is 25.2. The van der Waals surface area contributed by atoms with E-state index < -0.39 is 5.41 Å². The van der Waals surface area contributed by atoms with Crippen LogP contribution in [0.2, 0.25) is 0 Å². The van der Waals surface area contributed by atoms with Gasteiger partial charge in [-0.25, -0.2) is 0 Å². The summed E-state index contributed by atoms with van der Waals surface area (Å²) in [7, 11) is 0. The maximum absolute atomic E-state index is 2.68. The van der Waals surface area contributed by atoms with Crippen molar-refractivity contribution in [1.29, 1.82) is 0 Å². The highest BCUT2D eigenvalue weighted by molar-refractivity contribution is 7.00. The molecular weight excluding hydrogens is 1050 g/mol. The molecule has 0 fully saturated rings. The van der Waals surface area contributed by atoms with Crippen LogP contribution in [0, 0.1) is 0 Å². The van der Waals surface area contributed by atoms with Gasteiger partial charge in [-0.2, -0.15) is 0 Å². The predicted octanol–water partition coefficient (Wildman–Crippen LogP) is 19.5. The lowest BCUT2D eigenvalue weighted by Crippen LogP contribution is -2.61. The molecule has 0 N–H and O–H groups in total. The number of benzene rings is 13. The van der Waals surface area contributed by atoms with E-state index >= 15 is 0 Å². The molecule has 0 saturated carbocycles. The quantitative estimate of drug-likeness (QED) is 0.154. The van der Waals surface area contributed by atoms with Crippen LogP contribution in [-0.2, 0) is 10.8 Å². The van der Waals surface area contributed by atoms with Gasteiger partial charge in [0.25, 0.3) is 6.71 Å². The van der Waals surface area contributed by atoms with Gasteiger partial charge in [0.15, 0.2) is 0 Å². The van der Waals surface area contributed by atoms with E-state index in [2.05, 4.69) is 332 Å². The van der Waals surface area contributed by atoms with Crippen molar-refractivity contribution < 1.29 is 0 Å². The number of rotatable bonds is 6. The van der Waals surface area contributed by atoms with Gasteiger partial charge in [0.2, 0.25) is 0 Å². The molecule has 18 rings (SSSR count). The molecule has 87 heavy (non-hydrogen) atoms. The van der Waals surface area contributed by atoms with Crippen molar-refractivity contribution in [3.05, 3.63) is 325 Å². The minimum Gasteiger partial charge on any atom is -0.311 e. The van der Waals surface area contributed by atoms with Crippen LogP contribution in [0.1, 0.15) is 48.6 Å². The van der Waals surface area contributed by atoms with Crippen LogP contribution < -0.4 is 26.2 Å². The molecule has 4 aliphatic rings. The zero-order chi connectivity index (χ0) is 57.7. The van der Waals surface area contributed by atoms with Crippen LogP contribution >= 0.6 is 0 Å². The Labute approximate surface area is 508 Å². The molecule has 0 bridgehead atoms. The van der Waals surface area contributed by atoms with Gasteiger partial charge in [-0.1, -0.05) is 251 Å². The first-order valence-corrected chi connectivity index (χ1v) is 30.6. The van der Waals surface area contributed by atoms with Gasteiger partial charge in [-0.15, -0.1) is 0 Å². The molecule has 0 saturated heterocycles. The molecule has 3 heterocycles. The summed E-state index contributed by atoms with van der Waals surface area (Å²) in [4.78, 5) is 5.26. The van der Waals surface area contributed by atoms with E-state index in [1.54, 1.807) is 0 Å². The Morgan fingerprint density at radius 2 is 0.747 bits per heavy atom. The summed E-state index contributed by atoms with van der Waals surface area (Å²) < 4.78 is 2.52. The van der Waals surface area contributed by atoms with Gasteiger partial charge in [0.05, 0.1) is 22.1 Å². The SMILES string of the molecule is CC(C)(C)c1ccc2c(c1)B1c3cc4c(cc3N(c3ccc(-c5ccccc5)cc3)c3cc(-n5c6ccccc6c6ccccc65)cc(c31)N2c1cc(-c2ccccc2)cc(-c2ccccc2)c1)-c1ccccc1C41c2ccccc2-c2ccccc21. The van der Waals surface area contributed by atoms with Gasteiger partial charge in [0.1, 0.15) is 0 Å². The summed E-state index contributed by atoms with van der Waals surface area (Å²) >= 11 is 0. The normalized spacial score (nSPS) is 13.7. The molecule has 0 unspecified atom stereocenters. The van der Waals surface area contributed by atoms with Crippen LogP contribution in [0.3, 0.4) is 0 Å². The Balaban J connectivity index is 1.00. The molecule has 2 aliphatic heterocycles. The highest BCUT2D eigenvalue weighted by atomic mass is 15.2. The highest BCUT2D eigenvalue weighted by Gasteiger charge is 2.54. The zero-order valence-electron chi connectivity index (χ0n) is 48.7. The number of nitrogens with zero attached hydrogens (tertiary/aromatic N) is 3. The third kappa shape index (κ3) is 7.19. The predicted molar refractivity (Wildman–Crippen MR) is 366 cm³/mol. The van der Waals surface area contributed by atoms with Crippen LogP contribution in [0.15, 0.2) is 297 Å². The van der Waals surface area contributed by atoms with Crippen molar-refractivity contribution in [3.63, 3.8) is 0 Å². The molecule has 1 aromatic heterocycles. The number of anilines is 6. The maximum Gasteiger partial charge on any atom is 0.252 e. The lowest BCUT2D eigenvalue weighted by atomic mass is 9.33. The monoisotopic (exact) mass is 1110 g/mol. The first-order valence-electron chi connectivity index (χ1n) is 30.6. The number of fused-ring (bicyclic) bond motifs is 17. The Morgan fingerprint density at radius 3 is 1.29 bits per heavy atom. The molecule has 1 spiro atoms. The zero-order valence-corrected chi connectivity index (χ0v) is 48.7. The Morgan fingerprint density at radius 1 is 0.299 bits per heavy atom. The first kappa shape index (κ1) is 49.7. The van der Waals surface area contributed by atoms with E-state index in [1.165, 1.54) is 122 Å². The van der Waals surface area contributed by atoms with Crippen molar-refractivity contribution in [2.75, 3.05) is 9.80 Å². The van der Waals surface area contributed by atoms with E-state index in [1.807, 2.05) is 0 Å². The van der Waals surface area contributed by atoms with Crippen molar-refractivity contribution in [2.24, 2.45) is 0 Å². The van der Waals surface area contributed by atoms with Crippen molar-refractivity contribution in [1.82, 2.24) is 4.57 Å². The van der Waals surface area contributed by atoms with Crippen LogP contribution in [0.5, 0.6) is 0 Å². The summed E-state index contributed by atoms with van der Waals surface area (Å²) in [6.45, 7) is 6.91. The van der Waals surface area contributed by atoms with Crippen molar-refractivity contribution >= 4 is 79.0 Å². The number of hydrogen-bond donors (Lipinski definition) is 0. The second kappa shape index (κ2) is 18.7. The van der Waals surface area contributed by atoms with Crippen LogP contribution in [0.25, 0.3) is 83.1 Å². The summed E-state index contributed by atoms with van der Waals surface area (Å²) in [6.07, 6.45) is 0. The molecule has 2 aliphatic carbocycles. The van der Waals surface area contributed by atoms with E-state index in [0.29, 0.717) is 0 Å². The third-order valence-electron chi connectivity index (χ3n) is 19.5. The topological polar surface area (TPSA) is 11.4 Å². The Hall–Kier alpha value is -10.7. The van der Waals surface area contributed by atoms with E-state index in [9.17, 15) is 0 Å². The highest BCUT2D eigenvalue weighted by Crippen LogP contribution is 2.63. The van der Waals surface area contributed by atoms with Crippen LogP contribution in [0.4, 0.5) is 34.1 Å². The van der Waals surface area contributed by atoms with E-state index in [0.717, 1.165) is 39.6 Å². The fraction of sp³-hybridized carbons (Fsp3) is 0.0602. The summed E-state index contributed by atoms with van der Waals surface area (Å²) in [6, 6.07) is 113. The largest absolute Gasteiger partial charge is 0.311 e. The smallest absolute Gasteiger partial charge is 0.252 e. The molecule has 4 heteroatoms. The molecule has 3 nitrogen and oxygen atoms in total. The molecule has 13 aromatic carbocycles. The van der Waals surface area contributed by atoms with Crippen LogP contribution in [-0.4, -0.2) is 11.3 Å². The number of para-hydroxylation sites is 2. The molecule has 0 radical (unpaired) electrons. The van der Waals surface area contributed by atoms with Gasteiger partial charge in [0, 0.05) is 44.9 Å². The lowest BCUT2D eigenvalue weighted by Gasteiger charge is -2.45. The average molecular weight is 1110 g/mol. The summed E-state index contributed by atoms with van der Waals surface area (Å²) in [5, 5.41) is 2.46. The maximum atomic E-state index is 2.68. The summed E-state index contributed by atoms with van der Waals surface area (Å²) in [5.41, 5.74) is 32.4. The number of aromatic nitrogens is 1. The van der Waals surface area contributed by atoms with Gasteiger partial charge < -0.3 is 14.4 Å². The standard InChI is InChI=1S/C83H58BN3/c1-82(2,3)59-41-44-77-73(48-59)84-74-52-72-68(65-31-15-20-36-71(65)83(72)69-34-18-13-29-63(69)64-30-14-19-35-70(64)83)51-78(74)85(60-42-39-56(40-43-60)53-23-7-4-8-24-53)79-49-62(86-75-37-21-16-32-66(75)67-33-17-22-38-76(67)86)50-80(81(79)84)87(77)61-46-57(54-25-9-5-10-26-54)45-58(47-61)55-27-11-6-12-28-55/h4-52H,1-3H3. The minimum atomic E-state index is -0.539. The second-order valence-corrected chi connectivity index (χ2v) is 25.2. The molecule has 14 aromatic rings. The van der Waals surface area contributed by atoms with Crippen molar-refractivity contribution in [2.45, 2.75) is 31.6 Å². The van der Waals surface area contributed by atoms with Gasteiger partial charge in [-0.05, 0) is 172 Å². The molecule has 408 valence electrons. The minimum absolute atomic E-state index is 0.137. The number of hydrogen-bond acceptors (Lipinski definition) is 2. The third-order valence-corrected chi connectivity index (χ3v) is 19.5. The fourth-order valence-corrected chi connectivity index (χ4v) is 15.7. The molecular formula is C83H58BN3. The van der Waals surface area contributed by atoms with E-state index in [-0.39, 0.29) is 12.1 Å².